The van der Waals surface area contributed by atoms with Gasteiger partial charge in [0.25, 0.3) is 5.91 Å². The van der Waals surface area contributed by atoms with Crippen molar-refractivity contribution in [2.45, 2.75) is 13.8 Å². The van der Waals surface area contributed by atoms with E-state index in [0.29, 0.717) is 17.1 Å². The molecule has 0 aromatic heterocycles. The van der Waals surface area contributed by atoms with Crippen LogP contribution in [0, 0.1) is 13.8 Å². The summed E-state index contributed by atoms with van der Waals surface area (Å²) in [6.45, 7) is 3.48. The summed E-state index contributed by atoms with van der Waals surface area (Å²) in [6.07, 6.45) is 2.97. The molecule has 0 aliphatic carbocycles. The zero-order valence-corrected chi connectivity index (χ0v) is 18.1. The third kappa shape index (κ3) is 6.88. The summed E-state index contributed by atoms with van der Waals surface area (Å²) in [6, 6.07) is 10.7. The molecule has 0 radical (unpaired) electrons. The van der Waals surface area contributed by atoms with Crippen molar-refractivity contribution in [3.05, 3.63) is 59.2 Å². The molecule has 8 nitrogen and oxygen atoms in total. The van der Waals surface area contributed by atoms with Gasteiger partial charge in [-0.05, 0) is 48.7 Å². The Bertz CT molecular complexity index is 980. The van der Waals surface area contributed by atoms with Gasteiger partial charge in [-0.15, -0.1) is 0 Å². The maximum absolute atomic E-state index is 12.4. The molecular weight excluding hydrogens is 398 g/mol. The van der Waals surface area contributed by atoms with Crippen LogP contribution in [0.25, 0.3) is 6.08 Å². The van der Waals surface area contributed by atoms with Gasteiger partial charge in [-0.3, -0.25) is 14.4 Å². The highest BCUT2D eigenvalue weighted by Crippen LogP contribution is 2.28. The van der Waals surface area contributed by atoms with Gasteiger partial charge in [0, 0.05) is 18.8 Å². The lowest BCUT2D eigenvalue weighted by Gasteiger charge is -2.16. The number of methoxy groups -OCH3 is 1. The first kappa shape index (κ1) is 23.5. The van der Waals surface area contributed by atoms with Gasteiger partial charge in [0.1, 0.15) is 0 Å². The van der Waals surface area contributed by atoms with Gasteiger partial charge in [-0.2, -0.15) is 0 Å². The summed E-state index contributed by atoms with van der Waals surface area (Å²) in [7, 11) is 3.02. The van der Waals surface area contributed by atoms with E-state index in [9.17, 15) is 14.4 Å². The van der Waals surface area contributed by atoms with Crippen LogP contribution in [0.3, 0.4) is 0 Å². The number of likely N-dealkylation sites (N-methyl/N-ethyl adjacent to an activating group) is 1. The summed E-state index contributed by atoms with van der Waals surface area (Å²) in [5.74, 6) is -0.438. The largest absolute Gasteiger partial charge is 0.493 e. The number of rotatable bonds is 9. The number of anilines is 1. The molecule has 0 bridgehead atoms. The van der Waals surface area contributed by atoms with E-state index in [1.165, 1.54) is 18.1 Å². The average Bonchev–Trinajstić information content (AvgIpc) is 2.73. The number of carbonyl (C=O) groups is 3. The molecule has 2 aromatic carbocycles. The molecule has 0 unspecified atom stereocenters. The van der Waals surface area contributed by atoms with Crippen molar-refractivity contribution in [1.29, 1.82) is 0 Å². The number of carbonyl (C=O) groups excluding carboxylic acids is 3. The van der Waals surface area contributed by atoms with Crippen LogP contribution < -0.4 is 20.5 Å². The molecule has 0 saturated heterocycles. The van der Waals surface area contributed by atoms with Gasteiger partial charge in [-0.25, -0.2) is 0 Å². The van der Waals surface area contributed by atoms with E-state index in [1.807, 2.05) is 32.0 Å². The molecule has 2 aromatic rings. The Morgan fingerprint density at radius 1 is 1.10 bits per heavy atom. The maximum atomic E-state index is 12.4. The fraction of sp³-hybridized carbons (Fsp3) is 0.261. The molecule has 0 atom stereocenters. The Morgan fingerprint density at radius 3 is 2.39 bits per heavy atom. The Labute approximate surface area is 181 Å². The van der Waals surface area contributed by atoms with E-state index >= 15 is 0 Å². The highest BCUT2D eigenvalue weighted by Gasteiger charge is 2.13. The van der Waals surface area contributed by atoms with E-state index in [1.54, 1.807) is 31.3 Å². The number of hydrogen-bond donors (Lipinski definition) is 2. The van der Waals surface area contributed by atoms with Crippen molar-refractivity contribution in [3.8, 4) is 11.5 Å². The highest BCUT2D eigenvalue weighted by atomic mass is 16.5. The molecule has 3 N–H and O–H groups in total. The molecule has 0 heterocycles. The standard InChI is InChI=1S/C23H27N3O5/c1-15-6-5-7-16(2)23(15)25-21(28)13-26(3)22(29)11-9-17-8-10-18(19(12-17)30-4)31-14-20(24)27/h5-12H,13-14H2,1-4H3,(H2,24,27)(H,25,28)/b11-9+. The Morgan fingerprint density at radius 2 is 1.77 bits per heavy atom. The predicted molar refractivity (Wildman–Crippen MR) is 119 cm³/mol. The number of ether oxygens (including phenoxy) is 2. The molecule has 3 amide bonds. The van der Waals surface area contributed by atoms with Crippen molar-refractivity contribution in [2.75, 3.05) is 32.6 Å². The topological polar surface area (TPSA) is 111 Å². The fourth-order valence-corrected chi connectivity index (χ4v) is 2.83. The lowest BCUT2D eigenvalue weighted by Crippen LogP contribution is -2.34. The van der Waals surface area contributed by atoms with Gasteiger partial charge in [0.2, 0.25) is 11.8 Å². The second-order valence-electron chi connectivity index (χ2n) is 7.01. The van der Waals surface area contributed by atoms with Crippen molar-refractivity contribution in [2.24, 2.45) is 5.73 Å². The third-order valence-corrected chi connectivity index (χ3v) is 4.48. The maximum Gasteiger partial charge on any atom is 0.255 e. The monoisotopic (exact) mass is 425 g/mol. The number of benzene rings is 2. The zero-order chi connectivity index (χ0) is 23.0. The van der Waals surface area contributed by atoms with E-state index in [4.69, 9.17) is 15.2 Å². The Kier molecular flexibility index (Phi) is 8.19. The minimum Gasteiger partial charge on any atom is -0.493 e. The summed E-state index contributed by atoms with van der Waals surface area (Å²) in [4.78, 5) is 36.9. The molecular formula is C23H27N3O5. The molecule has 0 fully saturated rings. The van der Waals surface area contributed by atoms with Crippen LogP contribution in [0.15, 0.2) is 42.5 Å². The van der Waals surface area contributed by atoms with Gasteiger partial charge < -0.3 is 25.4 Å². The van der Waals surface area contributed by atoms with E-state index < -0.39 is 5.91 Å². The first-order chi connectivity index (χ1) is 14.7. The summed E-state index contributed by atoms with van der Waals surface area (Å²) < 4.78 is 10.5. The number of primary amides is 1. The van der Waals surface area contributed by atoms with Crippen LogP contribution in [0.5, 0.6) is 11.5 Å². The van der Waals surface area contributed by atoms with Crippen molar-refractivity contribution in [3.63, 3.8) is 0 Å². The van der Waals surface area contributed by atoms with Crippen LogP contribution in [-0.2, 0) is 14.4 Å². The van der Waals surface area contributed by atoms with E-state index in [0.717, 1.165) is 16.8 Å². The summed E-state index contributed by atoms with van der Waals surface area (Å²) in [5, 5.41) is 2.86. The average molecular weight is 425 g/mol. The van der Waals surface area contributed by atoms with E-state index in [-0.39, 0.29) is 25.0 Å². The molecule has 2 rings (SSSR count). The lowest BCUT2D eigenvalue weighted by molar-refractivity contribution is -0.129. The highest BCUT2D eigenvalue weighted by molar-refractivity contribution is 5.98. The van der Waals surface area contributed by atoms with Crippen molar-refractivity contribution in [1.82, 2.24) is 4.90 Å². The predicted octanol–water partition coefficient (Wildman–Crippen LogP) is 2.29. The quantitative estimate of drug-likeness (QED) is 0.599. The number of aryl methyl sites for hydroxylation is 2. The second kappa shape index (κ2) is 10.8. The smallest absolute Gasteiger partial charge is 0.255 e. The molecule has 31 heavy (non-hydrogen) atoms. The SMILES string of the molecule is COc1cc(/C=C/C(=O)N(C)CC(=O)Nc2c(C)cccc2C)ccc1OCC(N)=O. The minimum atomic E-state index is -0.596. The lowest BCUT2D eigenvalue weighted by atomic mass is 10.1. The van der Waals surface area contributed by atoms with Gasteiger partial charge >= 0.3 is 0 Å². The molecule has 0 spiro atoms. The summed E-state index contributed by atoms with van der Waals surface area (Å²) >= 11 is 0. The molecule has 0 aliphatic rings. The van der Waals surface area contributed by atoms with Gasteiger partial charge in [0.05, 0.1) is 13.7 Å². The number of nitrogens with one attached hydrogen (secondary N) is 1. The second-order valence-corrected chi connectivity index (χ2v) is 7.01. The van der Waals surface area contributed by atoms with Gasteiger partial charge in [-0.1, -0.05) is 24.3 Å². The van der Waals surface area contributed by atoms with Crippen LogP contribution in [0.1, 0.15) is 16.7 Å². The van der Waals surface area contributed by atoms with E-state index in [2.05, 4.69) is 5.32 Å². The van der Waals surface area contributed by atoms with Crippen LogP contribution in [-0.4, -0.2) is 49.9 Å². The van der Waals surface area contributed by atoms with Gasteiger partial charge in [0.15, 0.2) is 18.1 Å². The molecule has 0 aliphatic heterocycles. The first-order valence-electron chi connectivity index (χ1n) is 9.59. The number of amides is 3. The Balaban J connectivity index is 1.98. The summed E-state index contributed by atoms with van der Waals surface area (Å²) in [5.41, 5.74) is 8.44. The minimum absolute atomic E-state index is 0.0832. The number of para-hydroxylation sites is 1. The van der Waals surface area contributed by atoms with Crippen molar-refractivity contribution < 1.29 is 23.9 Å². The normalized spacial score (nSPS) is 10.6. The number of hydrogen-bond acceptors (Lipinski definition) is 5. The first-order valence-corrected chi connectivity index (χ1v) is 9.59. The van der Waals surface area contributed by atoms with Crippen LogP contribution in [0.2, 0.25) is 0 Å². The van der Waals surface area contributed by atoms with Crippen molar-refractivity contribution >= 4 is 29.5 Å². The van der Waals surface area contributed by atoms with Crippen LogP contribution in [0.4, 0.5) is 5.69 Å². The molecule has 164 valence electrons. The fourth-order valence-electron chi connectivity index (χ4n) is 2.83. The number of nitrogens with two attached hydrogens (primary N) is 1. The third-order valence-electron chi connectivity index (χ3n) is 4.48. The molecule has 0 saturated carbocycles. The Hall–Kier alpha value is -3.81. The van der Waals surface area contributed by atoms with Crippen LogP contribution >= 0.6 is 0 Å². The number of nitrogens with zero attached hydrogens (tertiary/aromatic N) is 1. The zero-order valence-electron chi connectivity index (χ0n) is 18.1. The molecule has 8 heteroatoms.